The van der Waals surface area contributed by atoms with Gasteiger partial charge in [0.05, 0.1) is 5.69 Å². The molecule has 2 aromatic carbocycles. The lowest BCUT2D eigenvalue weighted by molar-refractivity contribution is 0.803. The van der Waals surface area contributed by atoms with E-state index in [0.29, 0.717) is 6.54 Å². The van der Waals surface area contributed by atoms with Crippen molar-refractivity contribution in [1.82, 2.24) is 20.4 Å². The molecular formula is C21H26IN5. The Bertz CT molecular complexity index is 887. The number of rotatable bonds is 5. The van der Waals surface area contributed by atoms with E-state index in [-0.39, 0.29) is 24.0 Å². The molecule has 0 saturated carbocycles. The molecule has 0 amide bonds. The molecule has 3 rings (SSSR count). The zero-order valence-electron chi connectivity index (χ0n) is 15.9. The highest BCUT2D eigenvalue weighted by molar-refractivity contribution is 14.0. The highest BCUT2D eigenvalue weighted by Gasteiger charge is 2.03. The van der Waals surface area contributed by atoms with Gasteiger partial charge < -0.3 is 10.6 Å². The van der Waals surface area contributed by atoms with E-state index in [2.05, 4.69) is 64.9 Å². The monoisotopic (exact) mass is 475 g/mol. The predicted molar refractivity (Wildman–Crippen MR) is 122 cm³/mol. The van der Waals surface area contributed by atoms with E-state index in [1.165, 1.54) is 22.3 Å². The van der Waals surface area contributed by atoms with Crippen LogP contribution in [0.25, 0.3) is 5.69 Å². The van der Waals surface area contributed by atoms with Gasteiger partial charge in [-0.05, 0) is 48.7 Å². The molecule has 0 fully saturated rings. The highest BCUT2D eigenvalue weighted by Crippen LogP contribution is 2.11. The van der Waals surface area contributed by atoms with Crippen molar-refractivity contribution >= 4 is 29.9 Å². The molecular weight excluding hydrogens is 449 g/mol. The molecule has 0 saturated heterocycles. The van der Waals surface area contributed by atoms with Crippen LogP contribution in [0.1, 0.15) is 22.3 Å². The summed E-state index contributed by atoms with van der Waals surface area (Å²) >= 11 is 0. The number of benzene rings is 2. The van der Waals surface area contributed by atoms with Crippen LogP contribution >= 0.6 is 24.0 Å². The average molecular weight is 475 g/mol. The average Bonchev–Trinajstić information content (AvgIpc) is 3.18. The summed E-state index contributed by atoms with van der Waals surface area (Å²) in [4.78, 5) is 4.31. The van der Waals surface area contributed by atoms with Gasteiger partial charge in [0.15, 0.2) is 5.96 Å². The molecule has 27 heavy (non-hydrogen) atoms. The molecule has 142 valence electrons. The lowest BCUT2D eigenvalue weighted by atomic mass is 10.1. The van der Waals surface area contributed by atoms with Crippen molar-refractivity contribution in [2.75, 3.05) is 7.05 Å². The van der Waals surface area contributed by atoms with Gasteiger partial charge in [-0.1, -0.05) is 35.9 Å². The first-order valence-corrected chi connectivity index (χ1v) is 8.75. The van der Waals surface area contributed by atoms with E-state index in [9.17, 15) is 0 Å². The van der Waals surface area contributed by atoms with Crippen molar-refractivity contribution in [3.63, 3.8) is 0 Å². The molecule has 6 heteroatoms. The van der Waals surface area contributed by atoms with Crippen molar-refractivity contribution in [3.05, 3.63) is 83.2 Å². The van der Waals surface area contributed by atoms with E-state index in [4.69, 9.17) is 0 Å². The number of aliphatic imine (C=N–C) groups is 1. The maximum atomic E-state index is 4.31. The molecule has 0 spiro atoms. The lowest BCUT2D eigenvalue weighted by Crippen LogP contribution is -2.36. The van der Waals surface area contributed by atoms with Crippen molar-refractivity contribution in [3.8, 4) is 5.69 Å². The first-order valence-electron chi connectivity index (χ1n) is 8.75. The van der Waals surface area contributed by atoms with Crippen LogP contribution in [-0.2, 0) is 13.1 Å². The van der Waals surface area contributed by atoms with Crippen molar-refractivity contribution < 1.29 is 0 Å². The minimum atomic E-state index is 0. The summed E-state index contributed by atoms with van der Waals surface area (Å²) in [6.07, 6.45) is 3.72. The molecule has 0 radical (unpaired) electrons. The van der Waals surface area contributed by atoms with Gasteiger partial charge in [0.2, 0.25) is 0 Å². The molecule has 0 aliphatic carbocycles. The number of hydrogen-bond acceptors (Lipinski definition) is 2. The molecule has 1 aromatic heterocycles. The minimum Gasteiger partial charge on any atom is -0.352 e. The second kappa shape index (κ2) is 10.1. The lowest BCUT2D eigenvalue weighted by Gasteiger charge is -2.14. The second-order valence-corrected chi connectivity index (χ2v) is 6.33. The first-order chi connectivity index (χ1) is 12.7. The van der Waals surface area contributed by atoms with Crippen molar-refractivity contribution in [1.29, 1.82) is 0 Å². The molecule has 0 atom stereocenters. The van der Waals surface area contributed by atoms with Gasteiger partial charge in [-0.25, -0.2) is 4.68 Å². The number of aromatic nitrogens is 2. The van der Waals surface area contributed by atoms with Gasteiger partial charge in [0.25, 0.3) is 0 Å². The fourth-order valence-electron chi connectivity index (χ4n) is 2.86. The number of hydrogen-bond donors (Lipinski definition) is 2. The van der Waals surface area contributed by atoms with Gasteiger partial charge in [0.1, 0.15) is 0 Å². The van der Waals surface area contributed by atoms with E-state index in [0.717, 1.165) is 18.2 Å². The third-order valence-corrected chi connectivity index (χ3v) is 4.31. The Labute approximate surface area is 177 Å². The predicted octanol–water partition coefficient (Wildman–Crippen LogP) is 3.97. The third-order valence-electron chi connectivity index (χ3n) is 4.31. The topological polar surface area (TPSA) is 54.2 Å². The molecule has 1 heterocycles. The zero-order chi connectivity index (χ0) is 18.4. The maximum absolute atomic E-state index is 4.31. The van der Waals surface area contributed by atoms with E-state index in [1.54, 1.807) is 13.2 Å². The van der Waals surface area contributed by atoms with E-state index >= 15 is 0 Å². The van der Waals surface area contributed by atoms with Crippen LogP contribution in [0.15, 0.2) is 65.9 Å². The van der Waals surface area contributed by atoms with Gasteiger partial charge in [0, 0.05) is 32.5 Å². The van der Waals surface area contributed by atoms with Gasteiger partial charge >= 0.3 is 0 Å². The van der Waals surface area contributed by atoms with Crippen LogP contribution in [0.2, 0.25) is 0 Å². The Hall–Kier alpha value is -2.35. The number of aryl methyl sites for hydroxylation is 2. The van der Waals surface area contributed by atoms with Gasteiger partial charge in [-0.2, -0.15) is 5.10 Å². The number of guanidine groups is 1. The minimum absolute atomic E-state index is 0. The second-order valence-electron chi connectivity index (χ2n) is 6.33. The zero-order valence-corrected chi connectivity index (χ0v) is 18.3. The summed E-state index contributed by atoms with van der Waals surface area (Å²) in [6.45, 7) is 5.70. The molecule has 0 aliphatic heterocycles. The third kappa shape index (κ3) is 5.82. The molecule has 3 aromatic rings. The van der Waals surface area contributed by atoms with Crippen molar-refractivity contribution in [2.45, 2.75) is 26.9 Å². The Morgan fingerprint density at radius 3 is 2.56 bits per heavy atom. The summed E-state index contributed by atoms with van der Waals surface area (Å²) in [5.74, 6) is 0.787. The van der Waals surface area contributed by atoms with Crippen LogP contribution < -0.4 is 10.6 Å². The standard InChI is InChI=1S/C21H25N5.HI/c1-16-8-9-19(17(2)12-16)15-24-21(22-3)23-14-18-6-4-7-20(13-18)26-11-5-10-25-26;/h4-13H,14-15H2,1-3H3,(H2,22,23,24);1H. The Morgan fingerprint density at radius 1 is 1.04 bits per heavy atom. The number of nitrogens with one attached hydrogen (secondary N) is 2. The van der Waals surface area contributed by atoms with Crippen LogP contribution in [0, 0.1) is 13.8 Å². The van der Waals surface area contributed by atoms with Gasteiger partial charge in [-0.3, -0.25) is 4.99 Å². The summed E-state index contributed by atoms with van der Waals surface area (Å²) in [7, 11) is 1.79. The Balaban J connectivity index is 0.00000261. The molecule has 0 unspecified atom stereocenters. The molecule has 0 bridgehead atoms. The summed E-state index contributed by atoms with van der Waals surface area (Å²) in [5, 5.41) is 11.0. The quantitative estimate of drug-likeness (QED) is 0.334. The van der Waals surface area contributed by atoms with E-state index in [1.807, 2.05) is 29.1 Å². The summed E-state index contributed by atoms with van der Waals surface area (Å²) in [5.41, 5.74) is 6.07. The highest BCUT2D eigenvalue weighted by atomic mass is 127. The largest absolute Gasteiger partial charge is 0.352 e. The van der Waals surface area contributed by atoms with Gasteiger partial charge in [-0.15, -0.1) is 24.0 Å². The molecule has 0 aliphatic rings. The first kappa shape index (κ1) is 21.0. The van der Waals surface area contributed by atoms with Crippen molar-refractivity contribution in [2.24, 2.45) is 4.99 Å². The fourth-order valence-corrected chi connectivity index (χ4v) is 2.86. The number of nitrogens with zero attached hydrogens (tertiary/aromatic N) is 3. The molecule has 5 nitrogen and oxygen atoms in total. The fraction of sp³-hybridized carbons (Fsp3) is 0.238. The summed E-state index contributed by atoms with van der Waals surface area (Å²) in [6, 6.07) is 16.7. The van der Waals surface area contributed by atoms with Crippen LogP contribution in [0.5, 0.6) is 0 Å². The Morgan fingerprint density at radius 2 is 1.85 bits per heavy atom. The summed E-state index contributed by atoms with van der Waals surface area (Å²) < 4.78 is 1.86. The normalized spacial score (nSPS) is 11.0. The SMILES string of the molecule is CN=C(NCc1cccc(-n2cccn2)c1)NCc1ccc(C)cc1C.I. The smallest absolute Gasteiger partial charge is 0.191 e. The molecule has 2 N–H and O–H groups in total. The Kier molecular flexibility index (Phi) is 7.84. The van der Waals surface area contributed by atoms with E-state index < -0.39 is 0 Å². The van der Waals surface area contributed by atoms with Crippen LogP contribution in [0.4, 0.5) is 0 Å². The van der Waals surface area contributed by atoms with Crippen LogP contribution in [-0.4, -0.2) is 22.8 Å². The van der Waals surface area contributed by atoms with Crippen LogP contribution in [0.3, 0.4) is 0 Å². The number of halogens is 1. The maximum Gasteiger partial charge on any atom is 0.191 e.